The van der Waals surface area contributed by atoms with Gasteiger partial charge in [-0.05, 0) is 36.1 Å². The summed E-state index contributed by atoms with van der Waals surface area (Å²) in [6, 6.07) is 5.83. The normalized spacial score (nSPS) is 13.0. The van der Waals surface area contributed by atoms with E-state index in [2.05, 4.69) is 16.4 Å². The van der Waals surface area contributed by atoms with Crippen molar-refractivity contribution in [1.82, 2.24) is 9.88 Å². The van der Waals surface area contributed by atoms with Crippen LogP contribution in [0, 0.1) is 11.3 Å². The lowest BCUT2D eigenvalue weighted by atomic mass is 10.0. The average Bonchev–Trinajstić information content (AvgIpc) is 3.09. The van der Waals surface area contributed by atoms with Crippen LogP contribution in [0.25, 0.3) is 6.08 Å². The fourth-order valence-corrected chi connectivity index (χ4v) is 4.18. The van der Waals surface area contributed by atoms with Crippen molar-refractivity contribution in [2.24, 2.45) is 0 Å². The molecule has 29 heavy (non-hydrogen) atoms. The van der Waals surface area contributed by atoms with Crippen LogP contribution in [0.1, 0.15) is 41.3 Å². The smallest absolute Gasteiger partial charge is 0.410 e. The number of carbonyl (C=O) groups is 2. The number of ether oxygens (including phenoxy) is 1. The van der Waals surface area contributed by atoms with Gasteiger partial charge in [-0.25, -0.2) is 4.79 Å². The molecule has 0 saturated heterocycles. The second kappa shape index (κ2) is 9.85. The molecule has 3 heterocycles. The molecule has 1 aliphatic heterocycles. The van der Waals surface area contributed by atoms with Crippen molar-refractivity contribution in [3.63, 3.8) is 0 Å². The average molecular weight is 410 g/mol. The molecular weight excluding hydrogens is 388 g/mol. The highest BCUT2D eigenvalue weighted by molar-refractivity contribution is 7.16. The Hall–Kier alpha value is -3.18. The van der Waals surface area contributed by atoms with E-state index in [9.17, 15) is 14.9 Å². The summed E-state index contributed by atoms with van der Waals surface area (Å²) in [6.07, 6.45) is 8.43. The van der Waals surface area contributed by atoms with E-state index < -0.39 is 0 Å². The highest BCUT2D eigenvalue weighted by Gasteiger charge is 2.28. The van der Waals surface area contributed by atoms with Crippen molar-refractivity contribution in [2.45, 2.75) is 32.7 Å². The molecule has 0 unspecified atom stereocenters. The SMILES string of the molecule is CCCCOC(=O)N1CCc2c(sc(NC(=O)C=Cc3cccnc3)c2C#N)C1. The van der Waals surface area contributed by atoms with Gasteiger partial charge < -0.3 is 15.0 Å². The third-order valence-electron chi connectivity index (χ3n) is 4.50. The minimum absolute atomic E-state index is 0.320. The molecule has 7 nitrogen and oxygen atoms in total. The molecule has 0 radical (unpaired) electrons. The van der Waals surface area contributed by atoms with Gasteiger partial charge in [0.15, 0.2) is 0 Å². The van der Waals surface area contributed by atoms with E-state index in [0.717, 1.165) is 28.8 Å². The summed E-state index contributed by atoms with van der Waals surface area (Å²) in [5, 5.41) is 12.9. The molecule has 2 amide bonds. The van der Waals surface area contributed by atoms with E-state index in [-0.39, 0.29) is 12.0 Å². The minimum Gasteiger partial charge on any atom is -0.449 e. The monoisotopic (exact) mass is 410 g/mol. The Morgan fingerprint density at radius 3 is 3.07 bits per heavy atom. The number of hydrogen-bond acceptors (Lipinski definition) is 6. The fraction of sp³-hybridized carbons (Fsp3) is 0.333. The molecular formula is C21H22N4O3S. The number of aromatic nitrogens is 1. The Morgan fingerprint density at radius 1 is 1.48 bits per heavy atom. The Labute approximate surface area is 173 Å². The van der Waals surface area contributed by atoms with Crippen molar-refractivity contribution >= 4 is 34.4 Å². The van der Waals surface area contributed by atoms with Gasteiger partial charge in [-0.3, -0.25) is 9.78 Å². The van der Waals surface area contributed by atoms with Crippen LogP contribution >= 0.6 is 11.3 Å². The number of nitriles is 1. The van der Waals surface area contributed by atoms with Crippen LogP contribution in [-0.2, 0) is 22.5 Å². The molecule has 8 heteroatoms. The first-order valence-electron chi connectivity index (χ1n) is 9.47. The highest BCUT2D eigenvalue weighted by Crippen LogP contribution is 2.36. The van der Waals surface area contributed by atoms with Crippen LogP contribution in [0.3, 0.4) is 0 Å². The second-order valence-electron chi connectivity index (χ2n) is 6.57. The number of carbonyl (C=O) groups excluding carboxylic acids is 2. The molecule has 2 aromatic rings. The minimum atomic E-state index is -0.332. The van der Waals surface area contributed by atoms with E-state index in [1.165, 1.54) is 17.4 Å². The van der Waals surface area contributed by atoms with Crippen molar-refractivity contribution in [1.29, 1.82) is 5.26 Å². The van der Waals surface area contributed by atoms with Gasteiger partial charge in [0.25, 0.3) is 0 Å². The van der Waals surface area contributed by atoms with Gasteiger partial charge in [-0.2, -0.15) is 5.26 Å². The van der Waals surface area contributed by atoms with Crippen molar-refractivity contribution in [3.05, 3.63) is 52.2 Å². The first-order chi connectivity index (χ1) is 14.1. The van der Waals surface area contributed by atoms with Gasteiger partial charge >= 0.3 is 6.09 Å². The van der Waals surface area contributed by atoms with Gasteiger partial charge in [-0.1, -0.05) is 19.4 Å². The summed E-state index contributed by atoms with van der Waals surface area (Å²) < 4.78 is 5.28. The third-order valence-corrected chi connectivity index (χ3v) is 5.63. The first-order valence-corrected chi connectivity index (χ1v) is 10.3. The van der Waals surface area contributed by atoms with E-state index >= 15 is 0 Å². The number of anilines is 1. The van der Waals surface area contributed by atoms with Crippen LogP contribution in [0.5, 0.6) is 0 Å². The Balaban J connectivity index is 1.68. The number of nitrogens with zero attached hydrogens (tertiary/aromatic N) is 3. The van der Waals surface area contributed by atoms with E-state index in [4.69, 9.17) is 4.74 Å². The molecule has 0 aliphatic carbocycles. The Kier molecular flexibility index (Phi) is 6.98. The lowest BCUT2D eigenvalue weighted by Gasteiger charge is -2.26. The summed E-state index contributed by atoms with van der Waals surface area (Å²) in [5.74, 6) is -0.320. The van der Waals surface area contributed by atoms with Crippen LogP contribution in [0.15, 0.2) is 30.6 Å². The van der Waals surface area contributed by atoms with Crippen LogP contribution in [-0.4, -0.2) is 35.0 Å². The number of unbranched alkanes of at least 4 members (excludes halogenated alkanes) is 1. The van der Waals surface area contributed by atoms with Crippen LogP contribution in [0.4, 0.5) is 9.80 Å². The van der Waals surface area contributed by atoms with Gasteiger partial charge in [-0.15, -0.1) is 11.3 Å². The van der Waals surface area contributed by atoms with E-state index in [1.807, 2.05) is 13.0 Å². The molecule has 0 atom stereocenters. The highest BCUT2D eigenvalue weighted by atomic mass is 32.1. The number of pyridine rings is 1. The van der Waals surface area contributed by atoms with Gasteiger partial charge in [0.1, 0.15) is 11.1 Å². The number of hydrogen-bond donors (Lipinski definition) is 1. The van der Waals surface area contributed by atoms with Crippen LogP contribution in [0.2, 0.25) is 0 Å². The number of fused-ring (bicyclic) bond motifs is 1. The summed E-state index contributed by atoms with van der Waals surface area (Å²) >= 11 is 1.34. The predicted octanol–water partition coefficient (Wildman–Crippen LogP) is 3.96. The predicted molar refractivity (Wildman–Crippen MR) is 111 cm³/mol. The standard InChI is InChI=1S/C21H22N4O3S/c1-2-3-11-28-21(27)25-10-8-16-17(12-22)20(29-18(16)14-25)24-19(26)7-6-15-5-4-9-23-13-15/h4-7,9,13H,2-3,8,10-11,14H2,1H3,(H,24,26). The zero-order valence-electron chi connectivity index (χ0n) is 16.2. The second-order valence-corrected chi connectivity index (χ2v) is 7.67. The van der Waals surface area contributed by atoms with E-state index in [0.29, 0.717) is 36.7 Å². The van der Waals surface area contributed by atoms with Gasteiger partial charge in [0, 0.05) is 29.9 Å². The molecule has 1 aliphatic rings. The van der Waals surface area contributed by atoms with Gasteiger partial charge in [0.2, 0.25) is 5.91 Å². The molecule has 0 aromatic carbocycles. The summed E-state index contributed by atoms with van der Waals surface area (Å²) in [6.45, 7) is 3.34. The molecule has 0 bridgehead atoms. The third kappa shape index (κ3) is 5.21. The molecule has 0 fully saturated rings. The quantitative estimate of drug-likeness (QED) is 0.574. The molecule has 3 rings (SSSR count). The Bertz CT molecular complexity index is 947. The number of thiophene rings is 1. The van der Waals surface area contributed by atoms with Crippen molar-refractivity contribution in [2.75, 3.05) is 18.5 Å². The zero-order chi connectivity index (χ0) is 20.6. The van der Waals surface area contributed by atoms with Crippen molar-refractivity contribution < 1.29 is 14.3 Å². The number of nitrogens with one attached hydrogen (secondary N) is 1. The number of rotatable bonds is 6. The van der Waals surface area contributed by atoms with E-state index in [1.54, 1.807) is 29.4 Å². The lowest BCUT2D eigenvalue weighted by Crippen LogP contribution is -2.36. The largest absolute Gasteiger partial charge is 0.449 e. The molecule has 150 valence electrons. The fourth-order valence-electron chi connectivity index (χ4n) is 2.96. The lowest BCUT2D eigenvalue weighted by molar-refractivity contribution is -0.111. The Morgan fingerprint density at radius 2 is 2.34 bits per heavy atom. The van der Waals surface area contributed by atoms with Gasteiger partial charge in [0.05, 0.1) is 18.7 Å². The topological polar surface area (TPSA) is 95.3 Å². The summed E-state index contributed by atoms with van der Waals surface area (Å²) in [7, 11) is 0. The maximum atomic E-state index is 12.3. The van der Waals surface area contributed by atoms with Crippen molar-refractivity contribution in [3.8, 4) is 6.07 Å². The molecule has 0 saturated carbocycles. The first kappa shape index (κ1) is 20.6. The molecule has 0 spiro atoms. The molecule has 1 N–H and O–H groups in total. The van der Waals surface area contributed by atoms with Crippen LogP contribution < -0.4 is 5.32 Å². The number of amides is 2. The maximum absolute atomic E-state index is 12.3. The maximum Gasteiger partial charge on any atom is 0.410 e. The molecule has 2 aromatic heterocycles. The summed E-state index contributed by atoms with van der Waals surface area (Å²) in [4.78, 5) is 31.0. The summed E-state index contributed by atoms with van der Waals surface area (Å²) in [5.41, 5.74) is 2.19. The zero-order valence-corrected chi connectivity index (χ0v) is 17.0.